The lowest BCUT2D eigenvalue weighted by Gasteiger charge is -2.18. The van der Waals surface area contributed by atoms with Crippen molar-refractivity contribution >= 4 is 19.8 Å². The average Bonchev–Trinajstić information content (AvgIpc) is 3.95. The van der Waals surface area contributed by atoms with Crippen LogP contribution in [-0.4, -0.2) is 53.3 Å². The van der Waals surface area contributed by atoms with E-state index in [1.165, 1.54) is 122 Å². The summed E-state index contributed by atoms with van der Waals surface area (Å²) in [6.45, 7) is 6.01. The molecule has 1 fully saturated rings. The molecule has 0 amide bonds. The van der Waals surface area contributed by atoms with Crippen LogP contribution in [0.25, 0.3) is 0 Å². The van der Waals surface area contributed by atoms with Gasteiger partial charge in [0, 0.05) is 12.8 Å². The first-order valence-electron chi connectivity index (χ1n) is 23.8. The number of rotatable bonds is 42. The van der Waals surface area contributed by atoms with Crippen molar-refractivity contribution in [2.45, 2.75) is 238 Å². The van der Waals surface area contributed by atoms with Crippen LogP contribution < -0.4 is 0 Å². The Hall–Kier alpha value is -1.77. The van der Waals surface area contributed by atoms with Crippen LogP contribution in [0.4, 0.5) is 0 Å². The maximum absolute atomic E-state index is 12.5. The normalized spacial score (nSPS) is 16.8. The van der Waals surface area contributed by atoms with Gasteiger partial charge in [0.1, 0.15) is 6.61 Å². The van der Waals surface area contributed by atoms with Crippen molar-refractivity contribution < 1.29 is 42.7 Å². The molecule has 0 aromatic heterocycles. The molecule has 58 heavy (non-hydrogen) atoms. The molecule has 0 aromatic carbocycles. The van der Waals surface area contributed by atoms with Crippen molar-refractivity contribution in [1.82, 2.24) is 0 Å². The van der Waals surface area contributed by atoms with Gasteiger partial charge in [0.05, 0.1) is 18.8 Å². The van der Waals surface area contributed by atoms with Gasteiger partial charge in [-0.05, 0) is 57.3 Å². The molecule has 338 valence electrons. The Labute approximate surface area is 355 Å². The summed E-state index contributed by atoms with van der Waals surface area (Å²) in [5, 5.41) is 0. The van der Waals surface area contributed by atoms with E-state index in [-0.39, 0.29) is 31.7 Å². The van der Waals surface area contributed by atoms with Gasteiger partial charge < -0.3 is 24.0 Å². The summed E-state index contributed by atoms with van der Waals surface area (Å²) in [5.74, 6) is -0.0537. The maximum Gasteiger partial charge on any atom is 0.469 e. The van der Waals surface area contributed by atoms with Gasteiger partial charge >= 0.3 is 19.8 Å². The molecule has 2 N–H and O–H groups in total. The highest BCUT2D eigenvalue weighted by Crippen LogP contribution is 2.36. The van der Waals surface area contributed by atoms with Crippen LogP contribution in [0.1, 0.15) is 220 Å². The van der Waals surface area contributed by atoms with Gasteiger partial charge in [0.2, 0.25) is 0 Å². The first-order chi connectivity index (χ1) is 28.1. The number of carbonyl (C=O) groups is 2. The van der Waals surface area contributed by atoms with E-state index in [0.717, 1.165) is 57.3 Å². The van der Waals surface area contributed by atoms with Crippen LogP contribution in [0.3, 0.4) is 0 Å². The van der Waals surface area contributed by atoms with Crippen LogP contribution in [-0.2, 0) is 32.9 Å². The van der Waals surface area contributed by atoms with Crippen molar-refractivity contribution in [3.8, 4) is 0 Å². The lowest BCUT2D eigenvalue weighted by molar-refractivity contribution is -0.161. The number of epoxide rings is 1. The van der Waals surface area contributed by atoms with Crippen LogP contribution in [0.15, 0.2) is 36.5 Å². The Morgan fingerprint density at radius 2 is 1.09 bits per heavy atom. The number of carbonyl (C=O) groups excluding carboxylic acids is 2. The van der Waals surface area contributed by atoms with Crippen molar-refractivity contribution in [3.05, 3.63) is 36.5 Å². The topological polar surface area (TPSA) is 132 Å². The quantitative estimate of drug-likeness (QED) is 0.0203. The molecule has 3 unspecified atom stereocenters. The van der Waals surface area contributed by atoms with Crippen LogP contribution in [0.5, 0.6) is 0 Å². The Morgan fingerprint density at radius 3 is 1.64 bits per heavy atom. The summed E-state index contributed by atoms with van der Waals surface area (Å²) in [4.78, 5) is 43.0. The molecular formula is C48H87O9P. The minimum atomic E-state index is -4.77. The van der Waals surface area contributed by atoms with Crippen LogP contribution in [0, 0.1) is 5.92 Å². The molecule has 1 aliphatic heterocycles. The number of esters is 2. The smallest absolute Gasteiger partial charge is 0.462 e. The second-order valence-corrected chi connectivity index (χ2v) is 18.0. The molecule has 4 atom stereocenters. The zero-order valence-electron chi connectivity index (χ0n) is 37.3. The van der Waals surface area contributed by atoms with Gasteiger partial charge in [0.25, 0.3) is 0 Å². The molecule has 9 nitrogen and oxygen atoms in total. The lowest BCUT2D eigenvalue weighted by atomic mass is 9.99. The summed E-state index contributed by atoms with van der Waals surface area (Å²) in [7, 11) is -4.77. The Bertz CT molecular complexity index is 1120. The molecule has 0 aliphatic carbocycles. The molecule has 0 radical (unpaired) electrons. The van der Waals surface area contributed by atoms with Crippen molar-refractivity contribution in [1.29, 1.82) is 0 Å². The summed E-state index contributed by atoms with van der Waals surface area (Å²) in [6.07, 6.45) is 47.5. The minimum Gasteiger partial charge on any atom is -0.462 e. The molecular weight excluding hydrogens is 751 g/mol. The Balaban J connectivity index is 2.04. The second-order valence-electron chi connectivity index (χ2n) is 16.7. The van der Waals surface area contributed by atoms with E-state index in [4.69, 9.17) is 24.0 Å². The fourth-order valence-electron chi connectivity index (χ4n) is 7.03. The number of unbranched alkanes of at least 4 members (excludes halogenated alkanes) is 21. The highest BCUT2D eigenvalue weighted by atomic mass is 31.2. The molecule has 1 rings (SSSR count). The Kier molecular flexibility index (Phi) is 35.7. The first kappa shape index (κ1) is 54.2. The number of ether oxygens (including phenoxy) is 3. The summed E-state index contributed by atoms with van der Waals surface area (Å²) in [6, 6.07) is 0. The molecule has 10 heteroatoms. The van der Waals surface area contributed by atoms with Gasteiger partial charge in [0.15, 0.2) is 6.10 Å². The van der Waals surface area contributed by atoms with Crippen molar-refractivity contribution in [2.24, 2.45) is 5.92 Å². The fourth-order valence-corrected chi connectivity index (χ4v) is 7.39. The third-order valence-corrected chi connectivity index (χ3v) is 11.6. The first-order valence-corrected chi connectivity index (χ1v) is 25.3. The predicted octanol–water partition coefficient (Wildman–Crippen LogP) is 13.8. The number of hydrogen-bond donors (Lipinski definition) is 2. The minimum absolute atomic E-state index is 0.184. The van der Waals surface area contributed by atoms with Gasteiger partial charge in [-0.25, -0.2) is 4.57 Å². The summed E-state index contributed by atoms with van der Waals surface area (Å²) >= 11 is 0. The van der Waals surface area contributed by atoms with E-state index in [1.807, 2.05) is 6.08 Å². The van der Waals surface area contributed by atoms with Gasteiger partial charge in [-0.3, -0.25) is 14.1 Å². The van der Waals surface area contributed by atoms with Crippen LogP contribution in [0.2, 0.25) is 0 Å². The van der Waals surface area contributed by atoms with E-state index in [0.29, 0.717) is 12.8 Å². The highest BCUT2D eigenvalue weighted by Gasteiger charge is 2.36. The van der Waals surface area contributed by atoms with E-state index in [1.54, 1.807) is 0 Å². The summed E-state index contributed by atoms with van der Waals surface area (Å²) < 4.78 is 32.2. The standard InChI is InChI=1S/C48H87O9P/c1-4-6-7-8-9-20-24-27-32-37-45-46(57-45)38-33-29-30-34-39-47(49)54-41-44(42-55-58(51,52)53)56-48(50)40-35-28-25-22-19-17-15-13-11-10-12-14-16-18-21-23-26-31-36-43(3)5-2/h9,20,27,29,32-33,43-46H,4-8,10-19,21-26,28,30-31,34-42H2,1-3H3,(H2,51,52,53)/b20-9-,32-27-,33-29-/t43?,44-,45?,46?/m1/s1. The number of phosphoric ester groups is 1. The predicted molar refractivity (Wildman–Crippen MR) is 239 cm³/mol. The summed E-state index contributed by atoms with van der Waals surface area (Å²) in [5.41, 5.74) is 0. The SMILES string of the molecule is CCCCC/C=C\C/C=C\CC1OC1C/C=C\CCCC(=O)OC[C@H](COP(=O)(O)O)OC(=O)CCCCCCCCCCCCCCCCCCCCC(C)CC. The highest BCUT2D eigenvalue weighted by molar-refractivity contribution is 7.46. The molecule has 0 spiro atoms. The second kappa shape index (κ2) is 38.2. The van der Waals surface area contributed by atoms with E-state index < -0.39 is 32.5 Å². The van der Waals surface area contributed by atoms with E-state index in [2.05, 4.69) is 55.7 Å². The van der Waals surface area contributed by atoms with Crippen LogP contribution >= 0.6 is 7.82 Å². The lowest BCUT2D eigenvalue weighted by Crippen LogP contribution is -2.29. The number of hydrogen-bond acceptors (Lipinski definition) is 7. The molecule has 0 saturated carbocycles. The average molecular weight is 839 g/mol. The zero-order valence-corrected chi connectivity index (χ0v) is 38.2. The third-order valence-electron chi connectivity index (χ3n) is 11.1. The maximum atomic E-state index is 12.5. The number of allylic oxidation sites excluding steroid dienone is 4. The van der Waals surface area contributed by atoms with E-state index in [9.17, 15) is 14.2 Å². The molecule has 1 heterocycles. The third kappa shape index (κ3) is 37.2. The van der Waals surface area contributed by atoms with Gasteiger partial charge in [-0.15, -0.1) is 0 Å². The van der Waals surface area contributed by atoms with Crippen molar-refractivity contribution in [3.63, 3.8) is 0 Å². The largest absolute Gasteiger partial charge is 0.469 e. The van der Waals surface area contributed by atoms with Crippen molar-refractivity contribution in [2.75, 3.05) is 13.2 Å². The molecule has 1 saturated heterocycles. The monoisotopic (exact) mass is 839 g/mol. The molecule has 0 bridgehead atoms. The van der Waals surface area contributed by atoms with Gasteiger partial charge in [-0.2, -0.15) is 0 Å². The molecule has 1 aliphatic rings. The fraction of sp³-hybridized carbons (Fsp3) is 0.833. The zero-order chi connectivity index (χ0) is 42.4. The van der Waals surface area contributed by atoms with E-state index >= 15 is 0 Å². The molecule has 0 aromatic rings. The van der Waals surface area contributed by atoms with Gasteiger partial charge in [-0.1, -0.05) is 192 Å². The Morgan fingerprint density at radius 1 is 0.603 bits per heavy atom. The number of phosphoric acid groups is 1.